The molecule has 0 aliphatic rings. The summed E-state index contributed by atoms with van der Waals surface area (Å²) in [4.78, 5) is 12.7. The largest absolute Gasteiger partial charge is 0.356 e. The van der Waals surface area contributed by atoms with Crippen molar-refractivity contribution in [2.24, 2.45) is 0 Å². The van der Waals surface area contributed by atoms with Crippen molar-refractivity contribution in [1.82, 2.24) is 20.3 Å². The highest BCUT2D eigenvalue weighted by atomic mass is 32.2. The van der Waals surface area contributed by atoms with Crippen LogP contribution in [-0.2, 0) is 0 Å². The van der Waals surface area contributed by atoms with Crippen LogP contribution in [0.1, 0.15) is 18.5 Å². The number of nitrogens with zero attached hydrogens (tertiary/aromatic N) is 3. The van der Waals surface area contributed by atoms with Crippen LogP contribution in [0.25, 0.3) is 0 Å². The lowest BCUT2D eigenvalue weighted by molar-refractivity contribution is 0.722. The molecule has 0 spiro atoms. The van der Waals surface area contributed by atoms with Gasteiger partial charge in [0.15, 0.2) is 10.3 Å². The van der Waals surface area contributed by atoms with Gasteiger partial charge in [0.05, 0.1) is 17.9 Å². The summed E-state index contributed by atoms with van der Waals surface area (Å²) in [5, 5.41) is 8.48. The first-order chi connectivity index (χ1) is 12.2. The van der Waals surface area contributed by atoms with E-state index >= 15 is 0 Å². The van der Waals surface area contributed by atoms with Crippen molar-refractivity contribution < 1.29 is 0 Å². The monoisotopic (exact) mass is 367 g/mol. The van der Waals surface area contributed by atoms with Crippen LogP contribution in [0.4, 0.5) is 5.69 Å². The number of thiocarbonyl (C=S) groups is 1. The zero-order valence-corrected chi connectivity index (χ0v) is 15.2. The normalized spacial score (nSPS) is 11.6. The zero-order valence-electron chi connectivity index (χ0n) is 13.6. The van der Waals surface area contributed by atoms with Gasteiger partial charge < -0.3 is 10.6 Å². The molecule has 0 fully saturated rings. The standard InChI is InChI=1S/C18H17N5S2/c1-13(14-6-3-2-4-7-14)22-17(24)23-15-8-9-16(21-12-15)25-18-19-10-5-11-20-18/h2-13H,1H3,(H2,22,23,24)/t13-/m1/s1. The lowest BCUT2D eigenvalue weighted by Crippen LogP contribution is -2.30. The minimum atomic E-state index is 0.124. The number of hydrogen-bond donors (Lipinski definition) is 2. The van der Waals surface area contributed by atoms with E-state index in [1.165, 1.54) is 17.3 Å². The predicted molar refractivity (Wildman–Crippen MR) is 105 cm³/mol. The summed E-state index contributed by atoms with van der Waals surface area (Å²) in [5.74, 6) is 0. The fraction of sp³-hybridized carbons (Fsp3) is 0.111. The van der Waals surface area contributed by atoms with E-state index < -0.39 is 0 Å². The first-order valence-corrected chi connectivity index (χ1v) is 8.96. The molecular formula is C18H17N5S2. The van der Waals surface area contributed by atoms with Gasteiger partial charge in [-0.15, -0.1) is 0 Å². The van der Waals surface area contributed by atoms with E-state index in [2.05, 4.69) is 44.6 Å². The number of aromatic nitrogens is 3. The Morgan fingerprint density at radius 2 is 1.76 bits per heavy atom. The molecule has 0 saturated heterocycles. The number of benzene rings is 1. The topological polar surface area (TPSA) is 62.7 Å². The average molecular weight is 368 g/mol. The molecule has 0 radical (unpaired) electrons. The Morgan fingerprint density at radius 3 is 2.44 bits per heavy atom. The van der Waals surface area contributed by atoms with E-state index in [1.54, 1.807) is 24.7 Å². The molecule has 3 rings (SSSR count). The molecule has 2 N–H and O–H groups in total. The molecule has 25 heavy (non-hydrogen) atoms. The van der Waals surface area contributed by atoms with Gasteiger partial charge in [-0.1, -0.05) is 30.3 Å². The van der Waals surface area contributed by atoms with E-state index in [-0.39, 0.29) is 6.04 Å². The smallest absolute Gasteiger partial charge is 0.193 e. The van der Waals surface area contributed by atoms with Crippen LogP contribution < -0.4 is 10.6 Å². The predicted octanol–water partition coefficient (Wildman–Crippen LogP) is 4.07. The maximum absolute atomic E-state index is 5.37. The van der Waals surface area contributed by atoms with Crippen LogP contribution in [0.15, 0.2) is 77.3 Å². The van der Waals surface area contributed by atoms with Crippen molar-refractivity contribution in [2.45, 2.75) is 23.1 Å². The fourth-order valence-electron chi connectivity index (χ4n) is 2.14. The zero-order chi connectivity index (χ0) is 17.5. The number of anilines is 1. The van der Waals surface area contributed by atoms with E-state index in [1.807, 2.05) is 30.3 Å². The minimum Gasteiger partial charge on any atom is -0.356 e. The lowest BCUT2D eigenvalue weighted by Gasteiger charge is -2.17. The van der Waals surface area contributed by atoms with Crippen molar-refractivity contribution in [1.29, 1.82) is 0 Å². The summed E-state index contributed by atoms with van der Waals surface area (Å²) in [6.45, 7) is 2.07. The molecule has 3 aromatic rings. The SMILES string of the molecule is C[C@@H](NC(=S)Nc1ccc(Sc2ncccn2)nc1)c1ccccc1. The maximum Gasteiger partial charge on any atom is 0.193 e. The van der Waals surface area contributed by atoms with Crippen LogP contribution >= 0.6 is 24.0 Å². The quantitative estimate of drug-likeness (QED) is 0.520. The van der Waals surface area contributed by atoms with Crippen molar-refractivity contribution in [2.75, 3.05) is 5.32 Å². The van der Waals surface area contributed by atoms with Crippen LogP contribution in [0, 0.1) is 0 Å². The van der Waals surface area contributed by atoms with Crippen LogP contribution in [0.5, 0.6) is 0 Å². The van der Waals surface area contributed by atoms with Gasteiger partial charge in [-0.05, 0) is 54.7 Å². The number of pyridine rings is 1. The molecule has 0 aliphatic heterocycles. The van der Waals surface area contributed by atoms with Crippen LogP contribution in [0.3, 0.4) is 0 Å². The molecular weight excluding hydrogens is 350 g/mol. The Labute approximate surface area is 156 Å². The van der Waals surface area contributed by atoms with Gasteiger partial charge in [0.25, 0.3) is 0 Å². The van der Waals surface area contributed by atoms with E-state index in [0.717, 1.165) is 10.7 Å². The summed E-state index contributed by atoms with van der Waals surface area (Å²) in [6.07, 6.45) is 5.17. The van der Waals surface area contributed by atoms with Crippen LogP contribution in [0.2, 0.25) is 0 Å². The van der Waals surface area contributed by atoms with Crippen molar-refractivity contribution in [3.8, 4) is 0 Å². The Morgan fingerprint density at radius 1 is 1.00 bits per heavy atom. The molecule has 2 aromatic heterocycles. The van der Waals surface area contributed by atoms with Crippen molar-refractivity contribution in [3.05, 3.63) is 72.7 Å². The average Bonchev–Trinajstić information content (AvgIpc) is 2.65. The molecule has 1 atom stereocenters. The molecule has 7 heteroatoms. The maximum atomic E-state index is 5.37. The lowest BCUT2D eigenvalue weighted by atomic mass is 10.1. The van der Waals surface area contributed by atoms with Crippen LogP contribution in [-0.4, -0.2) is 20.1 Å². The highest BCUT2D eigenvalue weighted by molar-refractivity contribution is 7.99. The molecule has 0 saturated carbocycles. The van der Waals surface area contributed by atoms with Gasteiger partial charge in [0.1, 0.15) is 5.03 Å². The molecule has 2 heterocycles. The Kier molecular flexibility index (Phi) is 5.92. The van der Waals surface area contributed by atoms with Gasteiger partial charge >= 0.3 is 0 Å². The first-order valence-electron chi connectivity index (χ1n) is 7.74. The minimum absolute atomic E-state index is 0.124. The highest BCUT2D eigenvalue weighted by Gasteiger charge is 2.07. The molecule has 0 bridgehead atoms. The molecule has 1 aromatic carbocycles. The van der Waals surface area contributed by atoms with Gasteiger partial charge in [0.2, 0.25) is 0 Å². The first kappa shape index (κ1) is 17.3. The van der Waals surface area contributed by atoms with E-state index in [4.69, 9.17) is 12.2 Å². The third-order valence-electron chi connectivity index (χ3n) is 3.38. The third-order valence-corrected chi connectivity index (χ3v) is 4.44. The molecule has 0 aliphatic carbocycles. The van der Waals surface area contributed by atoms with Gasteiger partial charge in [-0.2, -0.15) is 0 Å². The highest BCUT2D eigenvalue weighted by Crippen LogP contribution is 2.22. The fourth-order valence-corrected chi connectivity index (χ4v) is 3.09. The van der Waals surface area contributed by atoms with E-state index in [0.29, 0.717) is 10.3 Å². The van der Waals surface area contributed by atoms with Crippen molar-refractivity contribution >= 4 is 34.8 Å². The Bertz CT molecular complexity index is 810. The second kappa shape index (κ2) is 8.55. The molecule has 0 amide bonds. The Hall–Kier alpha value is -2.51. The summed E-state index contributed by atoms with van der Waals surface area (Å²) in [6, 6.07) is 15.9. The number of nitrogens with one attached hydrogen (secondary N) is 2. The summed E-state index contributed by atoms with van der Waals surface area (Å²) < 4.78 is 0. The van der Waals surface area contributed by atoms with E-state index in [9.17, 15) is 0 Å². The van der Waals surface area contributed by atoms with Gasteiger partial charge in [-0.25, -0.2) is 15.0 Å². The third kappa shape index (κ3) is 5.23. The second-order valence-corrected chi connectivity index (χ2v) is 6.65. The second-order valence-electron chi connectivity index (χ2n) is 5.25. The summed E-state index contributed by atoms with van der Waals surface area (Å²) >= 11 is 6.79. The van der Waals surface area contributed by atoms with Gasteiger partial charge in [0, 0.05) is 12.4 Å². The molecule has 0 unspecified atom stereocenters. The Balaban J connectivity index is 1.55. The van der Waals surface area contributed by atoms with Gasteiger partial charge in [-0.3, -0.25) is 0 Å². The van der Waals surface area contributed by atoms with Crippen molar-refractivity contribution in [3.63, 3.8) is 0 Å². The summed E-state index contributed by atoms with van der Waals surface area (Å²) in [7, 11) is 0. The number of rotatable bonds is 5. The number of hydrogen-bond acceptors (Lipinski definition) is 5. The summed E-state index contributed by atoms with van der Waals surface area (Å²) in [5.41, 5.74) is 2.01. The molecule has 126 valence electrons. The molecule has 5 nitrogen and oxygen atoms in total.